The summed E-state index contributed by atoms with van der Waals surface area (Å²) in [5, 5.41) is 4.00. The van der Waals surface area contributed by atoms with Gasteiger partial charge in [-0.05, 0) is 72.6 Å². The topological polar surface area (TPSA) is 68.0 Å². The molecule has 27 heavy (non-hydrogen) atoms. The molecule has 0 saturated heterocycles. The van der Waals surface area contributed by atoms with Crippen LogP contribution in [-0.2, 0) is 12.8 Å². The number of amides is 1. The SMILES string of the molecule is CC(C)(C)C1CCc2nc3sc(C(=O)Nc4ccc(N)cc4)cc3cc2C1. The Balaban J connectivity index is 1.59. The molecule has 5 heteroatoms. The lowest BCUT2D eigenvalue weighted by Crippen LogP contribution is -2.27. The minimum absolute atomic E-state index is 0.103. The van der Waals surface area contributed by atoms with Gasteiger partial charge in [-0.25, -0.2) is 4.98 Å². The van der Waals surface area contributed by atoms with Gasteiger partial charge in [-0.1, -0.05) is 20.8 Å². The first-order chi connectivity index (χ1) is 12.8. The number of fused-ring (bicyclic) bond motifs is 2. The Morgan fingerprint density at radius 2 is 1.96 bits per heavy atom. The Morgan fingerprint density at radius 3 is 2.67 bits per heavy atom. The van der Waals surface area contributed by atoms with Gasteiger partial charge >= 0.3 is 0 Å². The second-order valence-corrected chi connectivity index (χ2v) is 9.51. The smallest absolute Gasteiger partial charge is 0.265 e. The monoisotopic (exact) mass is 379 g/mol. The number of rotatable bonds is 2. The van der Waals surface area contributed by atoms with Crippen LogP contribution in [0, 0.1) is 11.3 Å². The summed E-state index contributed by atoms with van der Waals surface area (Å²) >= 11 is 1.46. The van der Waals surface area contributed by atoms with E-state index in [0.717, 1.165) is 28.7 Å². The molecule has 1 atom stereocenters. The van der Waals surface area contributed by atoms with E-state index in [-0.39, 0.29) is 5.91 Å². The fourth-order valence-electron chi connectivity index (χ4n) is 3.73. The van der Waals surface area contributed by atoms with Crippen LogP contribution in [0.1, 0.15) is 48.1 Å². The number of aromatic nitrogens is 1. The van der Waals surface area contributed by atoms with Crippen LogP contribution in [0.5, 0.6) is 0 Å². The molecule has 1 amide bonds. The number of benzene rings is 1. The molecule has 4 nitrogen and oxygen atoms in total. The maximum Gasteiger partial charge on any atom is 0.265 e. The van der Waals surface area contributed by atoms with Crippen LogP contribution < -0.4 is 11.1 Å². The summed E-state index contributed by atoms with van der Waals surface area (Å²) in [6.45, 7) is 6.95. The lowest BCUT2D eigenvalue weighted by molar-refractivity contribution is 0.103. The molecule has 1 aliphatic rings. The van der Waals surface area contributed by atoms with Crippen LogP contribution in [0.4, 0.5) is 11.4 Å². The number of hydrogen-bond donors (Lipinski definition) is 2. The average molecular weight is 380 g/mol. The summed E-state index contributed by atoms with van der Waals surface area (Å²) in [5.41, 5.74) is 9.98. The number of aryl methyl sites for hydroxylation is 1. The summed E-state index contributed by atoms with van der Waals surface area (Å²) in [4.78, 5) is 19.1. The van der Waals surface area contributed by atoms with Crippen molar-refractivity contribution in [1.82, 2.24) is 4.98 Å². The van der Waals surface area contributed by atoms with Crippen molar-refractivity contribution in [3.63, 3.8) is 0 Å². The highest BCUT2D eigenvalue weighted by Crippen LogP contribution is 2.38. The zero-order valence-corrected chi connectivity index (χ0v) is 16.8. The van der Waals surface area contributed by atoms with Gasteiger partial charge in [-0.2, -0.15) is 0 Å². The van der Waals surface area contributed by atoms with Gasteiger partial charge in [0.1, 0.15) is 4.83 Å². The minimum atomic E-state index is -0.103. The maximum atomic E-state index is 12.6. The van der Waals surface area contributed by atoms with Gasteiger partial charge in [0.15, 0.2) is 0 Å². The Labute approximate surface area is 163 Å². The van der Waals surface area contributed by atoms with Crippen molar-refractivity contribution in [3.05, 3.63) is 52.5 Å². The fourth-order valence-corrected chi connectivity index (χ4v) is 4.66. The number of carbonyl (C=O) groups is 1. The van der Waals surface area contributed by atoms with Crippen LogP contribution in [0.3, 0.4) is 0 Å². The van der Waals surface area contributed by atoms with E-state index in [1.165, 1.54) is 29.0 Å². The predicted octanol–water partition coefficient (Wildman–Crippen LogP) is 5.28. The lowest BCUT2D eigenvalue weighted by Gasteiger charge is -2.34. The van der Waals surface area contributed by atoms with E-state index >= 15 is 0 Å². The highest BCUT2D eigenvalue weighted by atomic mass is 32.1. The molecule has 0 radical (unpaired) electrons. The Bertz CT molecular complexity index is 999. The minimum Gasteiger partial charge on any atom is -0.399 e. The van der Waals surface area contributed by atoms with E-state index < -0.39 is 0 Å². The van der Waals surface area contributed by atoms with Crippen molar-refractivity contribution in [2.75, 3.05) is 11.1 Å². The summed E-state index contributed by atoms with van der Waals surface area (Å²) in [6.07, 6.45) is 3.29. The normalized spacial score (nSPS) is 16.9. The van der Waals surface area contributed by atoms with Gasteiger partial charge in [0.25, 0.3) is 5.91 Å². The Kier molecular flexibility index (Phi) is 4.42. The first kappa shape index (κ1) is 18.0. The molecule has 0 fully saturated rings. The molecule has 0 aliphatic heterocycles. The molecule has 140 valence electrons. The van der Waals surface area contributed by atoms with Crippen molar-refractivity contribution >= 4 is 38.8 Å². The van der Waals surface area contributed by atoms with E-state index in [1.54, 1.807) is 12.1 Å². The third-order valence-corrected chi connectivity index (χ3v) is 6.53. The number of nitrogens with one attached hydrogen (secondary N) is 1. The summed E-state index contributed by atoms with van der Waals surface area (Å²) in [7, 11) is 0. The van der Waals surface area contributed by atoms with E-state index in [2.05, 4.69) is 32.2 Å². The van der Waals surface area contributed by atoms with E-state index in [9.17, 15) is 4.79 Å². The van der Waals surface area contributed by atoms with Gasteiger partial charge in [-0.15, -0.1) is 11.3 Å². The first-order valence-electron chi connectivity index (χ1n) is 9.39. The molecule has 3 N–H and O–H groups in total. The molecule has 0 saturated carbocycles. The van der Waals surface area contributed by atoms with Crippen LogP contribution in [0.25, 0.3) is 10.2 Å². The van der Waals surface area contributed by atoms with Crippen LogP contribution in [0.15, 0.2) is 36.4 Å². The predicted molar refractivity (Wildman–Crippen MR) is 113 cm³/mol. The number of carbonyl (C=O) groups excluding carboxylic acids is 1. The molecular weight excluding hydrogens is 354 g/mol. The summed E-state index contributed by atoms with van der Waals surface area (Å²) < 4.78 is 0. The van der Waals surface area contributed by atoms with Crippen molar-refractivity contribution < 1.29 is 4.79 Å². The number of pyridine rings is 1. The highest BCUT2D eigenvalue weighted by Gasteiger charge is 2.29. The van der Waals surface area contributed by atoms with Crippen molar-refractivity contribution in [3.8, 4) is 0 Å². The van der Waals surface area contributed by atoms with Gasteiger partial charge in [0.2, 0.25) is 0 Å². The number of anilines is 2. The van der Waals surface area contributed by atoms with Gasteiger partial charge in [0.05, 0.1) is 4.88 Å². The van der Waals surface area contributed by atoms with Crippen LogP contribution >= 0.6 is 11.3 Å². The van der Waals surface area contributed by atoms with E-state index in [0.29, 0.717) is 21.9 Å². The van der Waals surface area contributed by atoms with Crippen molar-refractivity contribution in [1.29, 1.82) is 0 Å². The van der Waals surface area contributed by atoms with Crippen LogP contribution in [-0.4, -0.2) is 10.9 Å². The Morgan fingerprint density at radius 1 is 1.22 bits per heavy atom. The number of nitrogens with zero attached hydrogens (tertiary/aromatic N) is 1. The molecule has 3 aromatic rings. The van der Waals surface area contributed by atoms with Crippen LogP contribution in [0.2, 0.25) is 0 Å². The third-order valence-electron chi connectivity index (χ3n) is 5.49. The first-order valence-corrected chi connectivity index (χ1v) is 10.2. The standard InChI is InChI=1S/C22H25N3OS/c1-22(2,3)15-4-9-18-13(11-15)10-14-12-19(27-21(14)25-18)20(26)24-17-7-5-16(23)6-8-17/h5-8,10,12,15H,4,9,11,23H2,1-3H3,(H,24,26). The highest BCUT2D eigenvalue weighted by molar-refractivity contribution is 7.20. The molecule has 0 bridgehead atoms. The maximum absolute atomic E-state index is 12.6. The largest absolute Gasteiger partial charge is 0.399 e. The molecular formula is C22H25N3OS. The molecule has 4 rings (SSSR count). The summed E-state index contributed by atoms with van der Waals surface area (Å²) in [5.74, 6) is 0.574. The summed E-state index contributed by atoms with van der Waals surface area (Å²) in [6, 6.07) is 11.4. The van der Waals surface area contributed by atoms with Gasteiger partial charge in [0, 0.05) is 22.5 Å². The molecule has 1 aliphatic carbocycles. The van der Waals surface area contributed by atoms with Gasteiger partial charge in [-0.3, -0.25) is 4.79 Å². The molecule has 1 aromatic carbocycles. The number of thiophene rings is 1. The zero-order valence-electron chi connectivity index (χ0n) is 16.0. The quantitative estimate of drug-likeness (QED) is 0.595. The van der Waals surface area contributed by atoms with E-state index in [1.807, 2.05) is 18.2 Å². The van der Waals surface area contributed by atoms with Gasteiger partial charge < -0.3 is 11.1 Å². The Hall–Kier alpha value is -2.40. The second kappa shape index (κ2) is 6.64. The molecule has 2 aromatic heterocycles. The second-order valence-electron chi connectivity index (χ2n) is 8.48. The number of hydrogen-bond acceptors (Lipinski definition) is 4. The van der Waals surface area contributed by atoms with Crippen molar-refractivity contribution in [2.24, 2.45) is 11.3 Å². The lowest BCUT2D eigenvalue weighted by atomic mass is 9.71. The number of nitrogens with two attached hydrogens (primary N) is 1. The molecule has 1 unspecified atom stereocenters. The van der Waals surface area contributed by atoms with Crippen molar-refractivity contribution in [2.45, 2.75) is 40.0 Å². The molecule has 0 spiro atoms. The zero-order chi connectivity index (χ0) is 19.2. The number of nitrogen functional groups attached to an aromatic ring is 1. The fraction of sp³-hybridized carbons (Fsp3) is 0.364. The third kappa shape index (κ3) is 3.69. The molecule has 2 heterocycles. The van der Waals surface area contributed by atoms with E-state index in [4.69, 9.17) is 10.7 Å². The average Bonchev–Trinajstić information content (AvgIpc) is 3.03.